The number of methoxy groups -OCH3 is 2. The number of hydrogen-bond acceptors (Lipinski definition) is 5. The highest BCUT2D eigenvalue weighted by Gasteiger charge is 2.12. The van der Waals surface area contributed by atoms with Crippen LogP contribution in [0.15, 0.2) is 0 Å². The Balaban J connectivity index is 3.79. The van der Waals surface area contributed by atoms with Gasteiger partial charge >= 0.3 is 0 Å². The third-order valence-corrected chi connectivity index (χ3v) is 2.55. The van der Waals surface area contributed by atoms with Crippen molar-refractivity contribution >= 4 is 12.6 Å². The molecule has 0 aliphatic carbocycles. The zero-order valence-electron chi connectivity index (χ0n) is 10.6. The quantitative estimate of drug-likeness (QED) is 0.437. The standard InChI is InChI=1S/C11H25NO3S/c1-11(10-14-3)12(4-6-13-2)5-7-15-8-9-16/h11,16H,4-10H2,1-3H3. The van der Waals surface area contributed by atoms with Gasteiger partial charge in [-0.3, -0.25) is 4.90 Å². The molecule has 0 aromatic heterocycles. The lowest BCUT2D eigenvalue weighted by Crippen LogP contribution is -2.40. The van der Waals surface area contributed by atoms with Crippen molar-refractivity contribution in [3.8, 4) is 0 Å². The fraction of sp³-hybridized carbons (Fsp3) is 1.00. The molecule has 0 saturated carbocycles. The van der Waals surface area contributed by atoms with Crippen LogP contribution in [-0.4, -0.2) is 70.4 Å². The maximum Gasteiger partial charge on any atom is 0.0615 e. The molecule has 0 fully saturated rings. The zero-order valence-corrected chi connectivity index (χ0v) is 11.5. The number of rotatable bonds is 11. The highest BCUT2D eigenvalue weighted by atomic mass is 32.1. The van der Waals surface area contributed by atoms with E-state index in [1.54, 1.807) is 14.2 Å². The van der Waals surface area contributed by atoms with Crippen LogP contribution in [0.5, 0.6) is 0 Å². The number of hydrogen-bond donors (Lipinski definition) is 1. The van der Waals surface area contributed by atoms with Crippen molar-refractivity contribution in [1.82, 2.24) is 4.90 Å². The fourth-order valence-corrected chi connectivity index (χ4v) is 1.59. The molecule has 1 unspecified atom stereocenters. The first-order chi connectivity index (χ1) is 7.76. The molecular formula is C11H25NO3S. The summed E-state index contributed by atoms with van der Waals surface area (Å²) < 4.78 is 15.7. The Labute approximate surface area is 105 Å². The summed E-state index contributed by atoms with van der Waals surface area (Å²) in [6.45, 7) is 6.87. The van der Waals surface area contributed by atoms with Crippen LogP contribution >= 0.6 is 12.6 Å². The first-order valence-corrected chi connectivity index (χ1v) is 6.30. The van der Waals surface area contributed by atoms with E-state index >= 15 is 0 Å². The molecule has 0 aromatic rings. The topological polar surface area (TPSA) is 30.9 Å². The molecule has 0 N–H and O–H groups in total. The van der Waals surface area contributed by atoms with Crippen molar-refractivity contribution in [1.29, 1.82) is 0 Å². The van der Waals surface area contributed by atoms with Crippen molar-refractivity contribution in [2.75, 3.05) is 59.5 Å². The summed E-state index contributed by atoms with van der Waals surface area (Å²) in [5, 5.41) is 0. The van der Waals surface area contributed by atoms with Crippen LogP contribution in [-0.2, 0) is 14.2 Å². The molecule has 16 heavy (non-hydrogen) atoms. The summed E-state index contributed by atoms with van der Waals surface area (Å²) in [6, 6.07) is 0.389. The second kappa shape index (κ2) is 11.7. The van der Waals surface area contributed by atoms with Gasteiger partial charge in [0.15, 0.2) is 0 Å². The van der Waals surface area contributed by atoms with Crippen LogP contribution in [0.4, 0.5) is 0 Å². The Hall–Kier alpha value is 0.190. The van der Waals surface area contributed by atoms with Gasteiger partial charge in [-0.05, 0) is 6.92 Å². The molecule has 0 bridgehead atoms. The Bertz CT molecular complexity index is 149. The van der Waals surface area contributed by atoms with E-state index < -0.39 is 0 Å². The van der Waals surface area contributed by atoms with Gasteiger partial charge in [-0.2, -0.15) is 12.6 Å². The molecule has 0 aliphatic rings. The van der Waals surface area contributed by atoms with Gasteiger partial charge in [0.05, 0.1) is 26.4 Å². The average molecular weight is 251 g/mol. The molecule has 0 aromatic carbocycles. The van der Waals surface area contributed by atoms with E-state index in [-0.39, 0.29) is 0 Å². The van der Waals surface area contributed by atoms with Crippen molar-refractivity contribution in [2.24, 2.45) is 0 Å². The average Bonchev–Trinajstić information content (AvgIpc) is 2.28. The summed E-state index contributed by atoms with van der Waals surface area (Å²) in [5.41, 5.74) is 0. The van der Waals surface area contributed by atoms with E-state index in [0.717, 1.165) is 38.7 Å². The Morgan fingerprint density at radius 1 is 1.06 bits per heavy atom. The monoisotopic (exact) mass is 251 g/mol. The second-order valence-electron chi connectivity index (χ2n) is 3.67. The molecule has 98 valence electrons. The molecule has 0 heterocycles. The maximum atomic E-state index is 5.42. The smallest absolute Gasteiger partial charge is 0.0615 e. The SMILES string of the molecule is COCCN(CCOCCS)C(C)COC. The summed E-state index contributed by atoms with van der Waals surface area (Å²) in [7, 11) is 3.44. The second-order valence-corrected chi connectivity index (χ2v) is 4.12. The molecule has 0 spiro atoms. The predicted octanol–water partition coefficient (Wildman–Crippen LogP) is 0.916. The molecule has 4 nitrogen and oxygen atoms in total. The van der Waals surface area contributed by atoms with Crippen LogP contribution in [0.1, 0.15) is 6.92 Å². The summed E-state index contributed by atoms with van der Waals surface area (Å²) in [6.07, 6.45) is 0. The van der Waals surface area contributed by atoms with Gasteiger partial charge in [0, 0.05) is 39.1 Å². The van der Waals surface area contributed by atoms with Crippen molar-refractivity contribution in [2.45, 2.75) is 13.0 Å². The van der Waals surface area contributed by atoms with Crippen LogP contribution < -0.4 is 0 Å². The lowest BCUT2D eigenvalue weighted by Gasteiger charge is -2.28. The van der Waals surface area contributed by atoms with Crippen molar-refractivity contribution < 1.29 is 14.2 Å². The first kappa shape index (κ1) is 16.2. The molecular weight excluding hydrogens is 226 g/mol. The Morgan fingerprint density at radius 2 is 1.75 bits per heavy atom. The molecule has 0 radical (unpaired) electrons. The number of ether oxygens (including phenoxy) is 3. The van der Waals surface area contributed by atoms with E-state index in [0.29, 0.717) is 12.6 Å². The molecule has 0 rings (SSSR count). The van der Waals surface area contributed by atoms with Gasteiger partial charge in [-0.25, -0.2) is 0 Å². The predicted molar refractivity (Wildman–Crippen MR) is 69.5 cm³/mol. The Morgan fingerprint density at radius 3 is 2.31 bits per heavy atom. The summed E-state index contributed by atoms with van der Waals surface area (Å²) in [5.74, 6) is 0.770. The zero-order chi connectivity index (χ0) is 12.2. The van der Waals surface area contributed by atoms with E-state index in [4.69, 9.17) is 14.2 Å². The lowest BCUT2D eigenvalue weighted by atomic mass is 10.3. The molecule has 5 heteroatoms. The normalized spacial score (nSPS) is 13.3. The fourth-order valence-electron chi connectivity index (χ4n) is 1.46. The van der Waals surface area contributed by atoms with Crippen LogP contribution in [0.2, 0.25) is 0 Å². The van der Waals surface area contributed by atoms with E-state index in [9.17, 15) is 0 Å². The number of thiol groups is 1. The third-order valence-electron chi connectivity index (χ3n) is 2.37. The number of nitrogens with zero attached hydrogens (tertiary/aromatic N) is 1. The summed E-state index contributed by atoms with van der Waals surface area (Å²) in [4.78, 5) is 2.31. The lowest BCUT2D eigenvalue weighted by molar-refractivity contribution is 0.0484. The molecule has 0 aliphatic heterocycles. The third kappa shape index (κ3) is 8.35. The van der Waals surface area contributed by atoms with Crippen LogP contribution in [0.3, 0.4) is 0 Å². The highest BCUT2D eigenvalue weighted by Crippen LogP contribution is 1.99. The Kier molecular flexibility index (Phi) is 11.8. The van der Waals surface area contributed by atoms with E-state index in [1.807, 2.05) is 0 Å². The van der Waals surface area contributed by atoms with Gasteiger partial charge < -0.3 is 14.2 Å². The minimum absolute atomic E-state index is 0.389. The van der Waals surface area contributed by atoms with Gasteiger partial charge in [0.25, 0.3) is 0 Å². The largest absolute Gasteiger partial charge is 0.383 e. The maximum absolute atomic E-state index is 5.42. The van der Waals surface area contributed by atoms with Crippen LogP contribution in [0.25, 0.3) is 0 Å². The minimum Gasteiger partial charge on any atom is -0.383 e. The molecule has 0 saturated heterocycles. The van der Waals surface area contributed by atoms with E-state index in [2.05, 4.69) is 24.5 Å². The van der Waals surface area contributed by atoms with Gasteiger partial charge in [-0.15, -0.1) is 0 Å². The van der Waals surface area contributed by atoms with E-state index in [1.165, 1.54) is 0 Å². The van der Waals surface area contributed by atoms with Gasteiger partial charge in [0.2, 0.25) is 0 Å². The summed E-state index contributed by atoms with van der Waals surface area (Å²) >= 11 is 4.10. The van der Waals surface area contributed by atoms with Crippen molar-refractivity contribution in [3.05, 3.63) is 0 Å². The first-order valence-electron chi connectivity index (χ1n) is 5.66. The molecule has 1 atom stereocenters. The van der Waals surface area contributed by atoms with Gasteiger partial charge in [-0.1, -0.05) is 0 Å². The van der Waals surface area contributed by atoms with Crippen LogP contribution in [0, 0.1) is 0 Å². The highest BCUT2D eigenvalue weighted by molar-refractivity contribution is 7.80. The van der Waals surface area contributed by atoms with Crippen molar-refractivity contribution in [3.63, 3.8) is 0 Å². The molecule has 0 amide bonds. The minimum atomic E-state index is 0.389. The van der Waals surface area contributed by atoms with Gasteiger partial charge in [0.1, 0.15) is 0 Å².